The molecule has 2 N–H and O–H groups in total. The first-order valence-electron chi connectivity index (χ1n) is 8.64. The van der Waals surface area contributed by atoms with Gasteiger partial charge in [-0.05, 0) is 45.6 Å². The van der Waals surface area contributed by atoms with Crippen molar-refractivity contribution in [1.29, 1.82) is 0 Å². The third-order valence-electron chi connectivity index (χ3n) is 4.53. The molecule has 1 aromatic carbocycles. The molecule has 8 nitrogen and oxygen atoms in total. The Kier molecular flexibility index (Phi) is 6.57. The average molecular weight is 373 g/mol. The quantitative estimate of drug-likeness (QED) is 0.748. The van der Waals surface area contributed by atoms with Gasteiger partial charge in [-0.25, -0.2) is 0 Å². The van der Waals surface area contributed by atoms with E-state index in [2.05, 4.69) is 15.7 Å². The van der Waals surface area contributed by atoms with Crippen molar-refractivity contribution in [2.75, 3.05) is 33.1 Å². The Hall–Kier alpha value is -2.87. The minimum absolute atomic E-state index is 0.0745. The minimum Gasteiger partial charge on any atom is -0.497 e. The van der Waals surface area contributed by atoms with Crippen LogP contribution in [0.15, 0.2) is 24.3 Å². The number of carbonyl (C=O) groups is 2. The summed E-state index contributed by atoms with van der Waals surface area (Å²) >= 11 is 0. The van der Waals surface area contributed by atoms with E-state index in [4.69, 9.17) is 4.74 Å². The lowest BCUT2D eigenvalue weighted by Gasteiger charge is -2.25. The number of nitrogens with zero attached hydrogens (tertiary/aromatic N) is 3. The van der Waals surface area contributed by atoms with Crippen LogP contribution in [0.25, 0.3) is 0 Å². The molecule has 0 aliphatic carbocycles. The van der Waals surface area contributed by atoms with Gasteiger partial charge in [0.2, 0.25) is 0 Å². The van der Waals surface area contributed by atoms with Crippen LogP contribution in [0.1, 0.15) is 23.0 Å². The van der Waals surface area contributed by atoms with E-state index >= 15 is 0 Å². The second-order valence-corrected chi connectivity index (χ2v) is 6.59. The van der Waals surface area contributed by atoms with Crippen molar-refractivity contribution < 1.29 is 14.3 Å². The van der Waals surface area contributed by atoms with Crippen LogP contribution >= 0.6 is 0 Å². The molecular weight excluding hydrogens is 346 g/mol. The van der Waals surface area contributed by atoms with Gasteiger partial charge in [-0.3, -0.25) is 14.3 Å². The first-order chi connectivity index (χ1) is 12.7. The Morgan fingerprint density at radius 1 is 1.19 bits per heavy atom. The Balaban J connectivity index is 2.01. The summed E-state index contributed by atoms with van der Waals surface area (Å²) in [5, 5.41) is 9.58. The van der Waals surface area contributed by atoms with E-state index in [9.17, 15) is 9.59 Å². The molecule has 1 heterocycles. The highest BCUT2D eigenvalue weighted by Gasteiger charge is 2.21. The number of benzene rings is 1. The summed E-state index contributed by atoms with van der Waals surface area (Å²) in [6, 6.07) is 7.55. The highest BCUT2D eigenvalue weighted by atomic mass is 16.5. The molecule has 0 spiro atoms. The molecule has 0 saturated heterocycles. The largest absolute Gasteiger partial charge is 0.497 e. The van der Waals surface area contributed by atoms with Crippen LogP contribution in [-0.2, 0) is 16.6 Å². The molecular formula is C19H27N5O3. The SMILES string of the molecule is COc1ccc([C@H](CNC(=O)C(=O)Nc2c(C)nn(C)c2C)N(C)C)cc1. The molecule has 146 valence electrons. The van der Waals surface area contributed by atoms with Gasteiger partial charge in [0, 0.05) is 13.6 Å². The van der Waals surface area contributed by atoms with Gasteiger partial charge in [0.15, 0.2) is 0 Å². The van der Waals surface area contributed by atoms with Crippen LogP contribution < -0.4 is 15.4 Å². The summed E-state index contributed by atoms with van der Waals surface area (Å²) in [6.45, 7) is 3.92. The number of amides is 2. The van der Waals surface area contributed by atoms with E-state index < -0.39 is 11.8 Å². The molecule has 0 aliphatic rings. The number of rotatable bonds is 6. The molecule has 0 bridgehead atoms. The van der Waals surface area contributed by atoms with Crippen molar-refractivity contribution in [1.82, 2.24) is 20.0 Å². The smallest absolute Gasteiger partial charge is 0.313 e. The predicted octanol–water partition coefficient (Wildman–Crippen LogP) is 1.40. The van der Waals surface area contributed by atoms with Crippen molar-refractivity contribution in [3.8, 4) is 5.75 Å². The summed E-state index contributed by atoms with van der Waals surface area (Å²) in [4.78, 5) is 26.5. The van der Waals surface area contributed by atoms with E-state index in [1.807, 2.05) is 50.2 Å². The number of carbonyl (C=O) groups excluding carboxylic acids is 2. The second kappa shape index (κ2) is 8.68. The molecule has 0 aliphatic heterocycles. The van der Waals surface area contributed by atoms with E-state index in [0.29, 0.717) is 17.9 Å². The molecule has 2 rings (SSSR count). The summed E-state index contributed by atoms with van der Waals surface area (Å²) in [6.07, 6.45) is 0. The lowest BCUT2D eigenvalue weighted by atomic mass is 10.1. The molecule has 0 fully saturated rings. The number of likely N-dealkylation sites (N-methyl/N-ethyl adjacent to an activating group) is 1. The summed E-state index contributed by atoms with van der Waals surface area (Å²) in [5.41, 5.74) is 3.04. The number of aromatic nitrogens is 2. The predicted molar refractivity (Wildman–Crippen MR) is 104 cm³/mol. The molecule has 1 aromatic heterocycles. The Morgan fingerprint density at radius 3 is 2.30 bits per heavy atom. The normalized spacial score (nSPS) is 12.0. The molecule has 0 saturated carbocycles. The van der Waals surface area contributed by atoms with E-state index in [1.165, 1.54) is 0 Å². The van der Waals surface area contributed by atoms with Crippen molar-refractivity contribution in [2.45, 2.75) is 19.9 Å². The van der Waals surface area contributed by atoms with E-state index in [-0.39, 0.29) is 6.04 Å². The molecule has 8 heteroatoms. The third kappa shape index (κ3) is 4.85. The molecule has 27 heavy (non-hydrogen) atoms. The first kappa shape index (κ1) is 20.4. The average Bonchev–Trinajstić information content (AvgIpc) is 2.88. The molecule has 2 amide bonds. The fourth-order valence-corrected chi connectivity index (χ4v) is 2.82. The van der Waals surface area contributed by atoms with Gasteiger partial charge >= 0.3 is 11.8 Å². The maximum atomic E-state index is 12.2. The van der Waals surface area contributed by atoms with E-state index in [0.717, 1.165) is 17.0 Å². The monoisotopic (exact) mass is 373 g/mol. The molecule has 0 radical (unpaired) electrons. The topological polar surface area (TPSA) is 88.5 Å². The van der Waals surface area contributed by atoms with Crippen LogP contribution in [0.5, 0.6) is 5.75 Å². The summed E-state index contributed by atoms with van der Waals surface area (Å²) in [7, 11) is 7.24. The van der Waals surface area contributed by atoms with Crippen LogP contribution in [0.3, 0.4) is 0 Å². The third-order valence-corrected chi connectivity index (χ3v) is 4.53. The number of methoxy groups -OCH3 is 1. The first-order valence-corrected chi connectivity index (χ1v) is 8.64. The fourth-order valence-electron chi connectivity index (χ4n) is 2.82. The Morgan fingerprint density at radius 2 is 1.81 bits per heavy atom. The standard InChI is InChI=1S/C19H27N5O3/c1-12-17(13(2)24(5)22-12)21-19(26)18(25)20-11-16(23(3)4)14-7-9-15(27-6)10-8-14/h7-10,16H,11H2,1-6H3,(H,20,25)(H,21,26)/t16-/m0/s1. The van der Waals surface area contributed by atoms with Crippen LogP contribution in [0.4, 0.5) is 5.69 Å². The highest BCUT2D eigenvalue weighted by molar-refractivity contribution is 6.39. The fraction of sp³-hybridized carbons (Fsp3) is 0.421. The van der Waals surface area contributed by atoms with Gasteiger partial charge in [-0.1, -0.05) is 12.1 Å². The zero-order valence-electron chi connectivity index (χ0n) is 16.7. The van der Waals surface area contributed by atoms with E-state index in [1.54, 1.807) is 25.8 Å². The van der Waals surface area contributed by atoms with Crippen molar-refractivity contribution >= 4 is 17.5 Å². The summed E-state index contributed by atoms with van der Waals surface area (Å²) < 4.78 is 6.83. The van der Waals surface area contributed by atoms with Crippen LogP contribution in [0.2, 0.25) is 0 Å². The van der Waals surface area contributed by atoms with Gasteiger partial charge < -0.3 is 20.3 Å². The molecule has 1 atom stereocenters. The maximum absolute atomic E-state index is 12.2. The summed E-state index contributed by atoms with van der Waals surface area (Å²) in [5.74, 6) is -0.624. The Bertz CT molecular complexity index is 811. The van der Waals surface area contributed by atoms with Crippen molar-refractivity contribution in [2.24, 2.45) is 7.05 Å². The van der Waals surface area contributed by atoms with Crippen LogP contribution in [0, 0.1) is 13.8 Å². The van der Waals surface area contributed by atoms with Gasteiger partial charge in [0.05, 0.1) is 30.2 Å². The second-order valence-electron chi connectivity index (χ2n) is 6.59. The number of ether oxygens (including phenoxy) is 1. The zero-order chi connectivity index (χ0) is 20.1. The Labute approximate surface area is 159 Å². The zero-order valence-corrected chi connectivity index (χ0v) is 16.7. The number of hydrogen-bond donors (Lipinski definition) is 2. The van der Waals surface area contributed by atoms with Gasteiger partial charge in [0.1, 0.15) is 5.75 Å². The van der Waals surface area contributed by atoms with Crippen molar-refractivity contribution in [3.05, 3.63) is 41.2 Å². The van der Waals surface area contributed by atoms with Gasteiger partial charge in [0.25, 0.3) is 0 Å². The van der Waals surface area contributed by atoms with Crippen LogP contribution in [-0.4, -0.2) is 54.2 Å². The minimum atomic E-state index is -0.707. The number of hydrogen-bond acceptors (Lipinski definition) is 5. The lowest BCUT2D eigenvalue weighted by molar-refractivity contribution is -0.136. The number of aryl methyl sites for hydroxylation is 2. The van der Waals surface area contributed by atoms with Crippen molar-refractivity contribution in [3.63, 3.8) is 0 Å². The highest BCUT2D eigenvalue weighted by Crippen LogP contribution is 2.21. The number of anilines is 1. The maximum Gasteiger partial charge on any atom is 0.313 e. The lowest BCUT2D eigenvalue weighted by Crippen LogP contribution is -2.40. The number of nitrogens with one attached hydrogen (secondary N) is 2. The van der Waals surface area contributed by atoms with Gasteiger partial charge in [-0.15, -0.1) is 0 Å². The van der Waals surface area contributed by atoms with Gasteiger partial charge in [-0.2, -0.15) is 5.10 Å². The molecule has 2 aromatic rings. The molecule has 0 unspecified atom stereocenters.